The summed E-state index contributed by atoms with van der Waals surface area (Å²) in [5.74, 6) is -0.444. The lowest BCUT2D eigenvalue weighted by Gasteiger charge is -2.35. The number of carboxylic acids is 1. The zero-order chi connectivity index (χ0) is 11.4. The second-order valence-electron chi connectivity index (χ2n) is 5.01. The summed E-state index contributed by atoms with van der Waals surface area (Å²) in [6.45, 7) is 10.4. The number of rotatable bonds is 6. The monoisotopic (exact) mass is 200 g/mol. The lowest BCUT2D eigenvalue weighted by molar-refractivity contribution is -0.147. The molecule has 2 heteroatoms. The van der Waals surface area contributed by atoms with Gasteiger partial charge in [-0.1, -0.05) is 47.5 Å². The number of hydrogen-bond donors (Lipinski definition) is 1. The molecule has 0 saturated carbocycles. The Bertz CT molecular complexity index is 183. The molecule has 0 amide bonds. The van der Waals surface area contributed by atoms with Crippen molar-refractivity contribution in [2.75, 3.05) is 0 Å². The van der Waals surface area contributed by atoms with Gasteiger partial charge in [-0.3, -0.25) is 4.79 Å². The van der Waals surface area contributed by atoms with Gasteiger partial charge in [0.05, 0.1) is 5.92 Å². The first-order valence-corrected chi connectivity index (χ1v) is 5.56. The number of carboxylic acid groups (broad SMARTS) is 1. The molecule has 0 saturated heterocycles. The van der Waals surface area contributed by atoms with Gasteiger partial charge in [0.25, 0.3) is 0 Å². The lowest BCUT2D eigenvalue weighted by Crippen LogP contribution is -2.35. The van der Waals surface area contributed by atoms with E-state index >= 15 is 0 Å². The van der Waals surface area contributed by atoms with Gasteiger partial charge < -0.3 is 5.11 Å². The summed E-state index contributed by atoms with van der Waals surface area (Å²) in [7, 11) is 0. The fourth-order valence-corrected chi connectivity index (χ4v) is 1.62. The molecule has 0 heterocycles. The number of carbonyl (C=O) groups is 1. The Balaban J connectivity index is 4.55. The highest BCUT2D eigenvalue weighted by atomic mass is 16.4. The summed E-state index contributed by atoms with van der Waals surface area (Å²) in [5, 5.41) is 9.18. The van der Waals surface area contributed by atoms with Crippen molar-refractivity contribution in [3.05, 3.63) is 0 Å². The van der Waals surface area contributed by atoms with E-state index in [2.05, 4.69) is 34.6 Å². The fourth-order valence-electron chi connectivity index (χ4n) is 1.62. The predicted molar refractivity (Wildman–Crippen MR) is 59.3 cm³/mol. The van der Waals surface area contributed by atoms with Crippen LogP contribution in [0.3, 0.4) is 0 Å². The van der Waals surface area contributed by atoms with Crippen LogP contribution >= 0.6 is 0 Å². The Morgan fingerprint density at radius 1 is 1.36 bits per heavy atom. The van der Waals surface area contributed by atoms with Crippen LogP contribution in [0.25, 0.3) is 0 Å². The van der Waals surface area contributed by atoms with Crippen LogP contribution in [0, 0.1) is 17.3 Å². The van der Waals surface area contributed by atoms with Crippen LogP contribution in [0.4, 0.5) is 0 Å². The lowest BCUT2D eigenvalue weighted by atomic mass is 9.69. The number of unbranched alkanes of at least 4 members (excludes halogenated alkanes) is 1. The van der Waals surface area contributed by atoms with E-state index in [0.29, 0.717) is 5.92 Å². The normalized spacial score (nSPS) is 14.4. The van der Waals surface area contributed by atoms with E-state index in [1.165, 1.54) is 0 Å². The molecule has 0 aliphatic rings. The molecule has 0 rings (SSSR count). The number of aliphatic carboxylic acids is 1. The highest BCUT2D eigenvalue weighted by molar-refractivity contribution is 5.71. The van der Waals surface area contributed by atoms with E-state index in [9.17, 15) is 9.90 Å². The molecular weight excluding hydrogens is 176 g/mol. The maximum atomic E-state index is 11.2. The first kappa shape index (κ1) is 13.5. The van der Waals surface area contributed by atoms with Crippen LogP contribution in [0.5, 0.6) is 0 Å². The van der Waals surface area contributed by atoms with Crippen molar-refractivity contribution in [1.82, 2.24) is 0 Å². The topological polar surface area (TPSA) is 37.3 Å². The van der Waals surface area contributed by atoms with Crippen molar-refractivity contribution in [3.63, 3.8) is 0 Å². The Labute approximate surface area is 87.7 Å². The maximum absolute atomic E-state index is 11.2. The van der Waals surface area contributed by atoms with Gasteiger partial charge in [-0.05, 0) is 17.8 Å². The minimum Gasteiger partial charge on any atom is -0.481 e. The average Bonchev–Trinajstić information content (AvgIpc) is 2.03. The molecule has 0 aromatic heterocycles. The standard InChI is InChI=1S/C12H24O2/c1-6-7-8-10(11(13)14)12(4,5)9(2)3/h9-10H,6-8H2,1-5H3,(H,13,14). The largest absolute Gasteiger partial charge is 0.481 e. The SMILES string of the molecule is CCCCC(C(=O)O)C(C)(C)C(C)C. The quantitative estimate of drug-likeness (QED) is 0.711. The van der Waals surface area contributed by atoms with Crippen molar-refractivity contribution in [1.29, 1.82) is 0 Å². The molecule has 1 atom stereocenters. The zero-order valence-corrected chi connectivity index (χ0v) is 10.1. The van der Waals surface area contributed by atoms with Crippen molar-refractivity contribution in [2.45, 2.75) is 53.9 Å². The van der Waals surface area contributed by atoms with Gasteiger partial charge in [-0.15, -0.1) is 0 Å². The Hall–Kier alpha value is -0.530. The molecule has 0 aromatic carbocycles. The van der Waals surface area contributed by atoms with E-state index in [4.69, 9.17) is 0 Å². The van der Waals surface area contributed by atoms with Gasteiger partial charge in [0, 0.05) is 0 Å². The third-order valence-electron chi connectivity index (χ3n) is 3.53. The van der Waals surface area contributed by atoms with E-state index in [1.54, 1.807) is 0 Å². The van der Waals surface area contributed by atoms with Crippen LogP contribution in [0.1, 0.15) is 53.9 Å². The van der Waals surface area contributed by atoms with Gasteiger partial charge >= 0.3 is 5.97 Å². The molecule has 84 valence electrons. The molecule has 1 unspecified atom stereocenters. The summed E-state index contributed by atoms with van der Waals surface area (Å²) < 4.78 is 0. The first-order valence-electron chi connectivity index (χ1n) is 5.56. The smallest absolute Gasteiger partial charge is 0.307 e. The van der Waals surface area contributed by atoms with Crippen molar-refractivity contribution in [3.8, 4) is 0 Å². The molecule has 0 aliphatic carbocycles. The van der Waals surface area contributed by atoms with Crippen LogP contribution in [0.15, 0.2) is 0 Å². The van der Waals surface area contributed by atoms with E-state index in [1.807, 2.05) is 0 Å². The molecular formula is C12H24O2. The highest BCUT2D eigenvalue weighted by Crippen LogP contribution is 2.37. The molecule has 0 radical (unpaired) electrons. The summed E-state index contributed by atoms with van der Waals surface area (Å²) in [6, 6.07) is 0. The molecule has 0 spiro atoms. The first-order chi connectivity index (χ1) is 6.34. The zero-order valence-electron chi connectivity index (χ0n) is 10.1. The Morgan fingerprint density at radius 2 is 1.86 bits per heavy atom. The second kappa shape index (κ2) is 5.38. The second-order valence-corrected chi connectivity index (χ2v) is 5.01. The minimum atomic E-state index is -0.642. The highest BCUT2D eigenvalue weighted by Gasteiger charge is 2.36. The maximum Gasteiger partial charge on any atom is 0.307 e. The van der Waals surface area contributed by atoms with Gasteiger partial charge in [0.2, 0.25) is 0 Å². The molecule has 0 aliphatic heterocycles. The average molecular weight is 200 g/mol. The van der Waals surface area contributed by atoms with Gasteiger partial charge in [0.15, 0.2) is 0 Å². The van der Waals surface area contributed by atoms with Crippen LogP contribution in [0.2, 0.25) is 0 Å². The molecule has 0 bridgehead atoms. The summed E-state index contributed by atoms with van der Waals surface area (Å²) >= 11 is 0. The molecule has 14 heavy (non-hydrogen) atoms. The Morgan fingerprint density at radius 3 is 2.14 bits per heavy atom. The van der Waals surface area contributed by atoms with E-state index in [0.717, 1.165) is 19.3 Å². The summed E-state index contributed by atoms with van der Waals surface area (Å²) in [5.41, 5.74) is -0.110. The summed E-state index contributed by atoms with van der Waals surface area (Å²) in [6.07, 6.45) is 2.88. The van der Waals surface area contributed by atoms with Crippen molar-refractivity contribution < 1.29 is 9.90 Å². The van der Waals surface area contributed by atoms with Crippen molar-refractivity contribution >= 4 is 5.97 Å². The molecule has 1 N–H and O–H groups in total. The third-order valence-corrected chi connectivity index (χ3v) is 3.53. The van der Waals surface area contributed by atoms with Gasteiger partial charge in [-0.2, -0.15) is 0 Å². The van der Waals surface area contributed by atoms with Gasteiger partial charge in [-0.25, -0.2) is 0 Å². The van der Waals surface area contributed by atoms with Crippen LogP contribution in [-0.4, -0.2) is 11.1 Å². The van der Waals surface area contributed by atoms with Crippen molar-refractivity contribution in [2.24, 2.45) is 17.3 Å². The minimum absolute atomic E-state index is 0.110. The van der Waals surface area contributed by atoms with Gasteiger partial charge in [0.1, 0.15) is 0 Å². The van der Waals surface area contributed by atoms with Crippen LogP contribution < -0.4 is 0 Å². The molecule has 0 fully saturated rings. The third kappa shape index (κ3) is 3.32. The predicted octanol–water partition coefficient (Wildman–Crippen LogP) is 3.56. The van der Waals surface area contributed by atoms with Crippen LogP contribution in [-0.2, 0) is 4.79 Å². The summed E-state index contributed by atoms with van der Waals surface area (Å²) in [4.78, 5) is 11.2. The molecule has 2 nitrogen and oxygen atoms in total. The fraction of sp³-hybridized carbons (Fsp3) is 0.917. The van der Waals surface area contributed by atoms with E-state index < -0.39 is 5.97 Å². The van der Waals surface area contributed by atoms with E-state index in [-0.39, 0.29) is 11.3 Å². The molecule has 0 aromatic rings. The number of hydrogen-bond acceptors (Lipinski definition) is 1. The Kier molecular flexibility index (Phi) is 5.17.